The number of carbonyl (C=O) groups is 1. The number of rotatable bonds is 7. The molecule has 1 saturated heterocycles. The summed E-state index contributed by atoms with van der Waals surface area (Å²) in [6, 6.07) is 18.7. The lowest BCUT2D eigenvalue weighted by molar-refractivity contribution is -0.115. The third kappa shape index (κ3) is 5.73. The molecule has 34 heavy (non-hydrogen) atoms. The van der Waals surface area contributed by atoms with E-state index in [9.17, 15) is 4.79 Å². The largest absolute Gasteiger partial charge is 0.494 e. The first-order chi connectivity index (χ1) is 16.4. The van der Waals surface area contributed by atoms with Crippen LogP contribution >= 0.6 is 23.4 Å². The van der Waals surface area contributed by atoms with Gasteiger partial charge in [0.25, 0.3) is 5.91 Å². The molecular formula is C26H23ClN2O4S. The van der Waals surface area contributed by atoms with Crippen molar-refractivity contribution >= 4 is 46.2 Å². The number of halogens is 1. The molecule has 0 unspecified atom stereocenters. The lowest BCUT2D eigenvalue weighted by Gasteiger charge is -2.11. The predicted molar refractivity (Wildman–Crippen MR) is 137 cm³/mol. The van der Waals surface area contributed by atoms with Crippen molar-refractivity contribution < 1.29 is 19.0 Å². The minimum Gasteiger partial charge on any atom is -0.494 e. The molecule has 0 aliphatic carbocycles. The Morgan fingerprint density at radius 1 is 0.971 bits per heavy atom. The van der Waals surface area contributed by atoms with Gasteiger partial charge < -0.3 is 19.5 Å². The van der Waals surface area contributed by atoms with E-state index < -0.39 is 0 Å². The molecule has 1 heterocycles. The maximum absolute atomic E-state index is 12.5. The Labute approximate surface area is 207 Å². The summed E-state index contributed by atoms with van der Waals surface area (Å²) in [5.74, 6) is 1.61. The number of nitrogens with one attached hydrogen (secondary N) is 1. The molecule has 3 aromatic carbocycles. The van der Waals surface area contributed by atoms with E-state index in [-0.39, 0.29) is 5.91 Å². The number of nitrogens with zero attached hydrogens (tertiary/aromatic N) is 1. The van der Waals surface area contributed by atoms with Crippen molar-refractivity contribution in [3.05, 3.63) is 87.3 Å². The van der Waals surface area contributed by atoms with Crippen LogP contribution < -0.4 is 19.5 Å². The van der Waals surface area contributed by atoms with Crippen molar-refractivity contribution in [2.45, 2.75) is 13.5 Å². The van der Waals surface area contributed by atoms with Crippen molar-refractivity contribution in [2.24, 2.45) is 4.99 Å². The van der Waals surface area contributed by atoms with Gasteiger partial charge in [-0.25, -0.2) is 4.99 Å². The van der Waals surface area contributed by atoms with E-state index >= 15 is 0 Å². The summed E-state index contributed by atoms with van der Waals surface area (Å²) in [5, 5.41) is 3.99. The highest BCUT2D eigenvalue weighted by atomic mass is 35.5. The third-order valence-electron chi connectivity index (χ3n) is 5.00. The second-order valence-electron chi connectivity index (χ2n) is 7.48. The van der Waals surface area contributed by atoms with Crippen molar-refractivity contribution in [3.8, 4) is 17.2 Å². The predicted octanol–water partition coefficient (Wildman–Crippen LogP) is 6.14. The van der Waals surface area contributed by atoms with Crippen LogP contribution in [0.1, 0.15) is 16.7 Å². The highest BCUT2D eigenvalue weighted by molar-refractivity contribution is 8.18. The summed E-state index contributed by atoms with van der Waals surface area (Å²) < 4.78 is 16.8. The number of benzene rings is 3. The minimum atomic E-state index is -0.211. The van der Waals surface area contributed by atoms with Gasteiger partial charge in [-0.05, 0) is 77.9 Å². The highest BCUT2D eigenvalue weighted by Crippen LogP contribution is 2.34. The number of hydrogen-bond donors (Lipinski definition) is 1. The van der Waals surface area contributed by atoms with E-state index in [1.165, 1.54) is 11.8 Å². The Morgan fingerprint density at radius 2 is 1.71 bits per heavy atom. The van der Waals surface area contributed by atoms with Gasteiger partial charge in [0, 0.05) is 5.02 Å². The molecule has 1 fully saturated rings. The van der Waals surface area contributed by atoms with Crippen LogP contribution in [0.5, 0.6) is 17.2 Å². The van der Waals surface area contributed by atoms with E-state index in [4.69, 9.17) is 25.8 Å². The third-order valence-corrected chi connectivity index (χ3v) is 6.16. The second kappa shape index (κ2) is 10.7. The van der Waals surface area contributed by atoms with E-state index in [0.29, 0.717) is 44.6 Å². The summed E-state index contributed by atoms with van der Waals surface area (Å²) in [7, 11) is 3.18. The lowest BCUT2D eigenvalue weighted by atomic mass is 10.2. The number of ether oxygens (including phenoxy) is 3. The van der Waals surface area contributed by atoms with E-state index in [2.05, 4.69) is 10.3 Å². The van der Waals surface area contributed by atoms with Crippen LogP contribution in [0, 0.1) is 6.92 Å². The summed E-state index contributed by atoms with van der Waals surface area (Å²) in [6.07, 6.45) is 1.79. The van der Waals surface area contributed by atoms with Gasteiger partial charge in [0.1, 0.15) is 18.0 Å². The molecule has 3 aromatic rings. The van der Waals surface area contributed by atoms with Crippen LogP contribution in [-0.4, -0.2) is 25.3 Å². The second-order valence-corrected chi connectivity index (χ2v) is 8.95. The molecule has 0 spiro atoms. The highest BCUT2D eigenvalue weighted by Gasteiger charge is 2.24. The fourth-order valence-corrected chi connectivity index (χ4v) is 4.22. The summed E-state index contributed by atoms with van der Waals surface area (Å²) >= 11 is 7.21. The first-order valence-corrected chi connectivity index (χ1v) is 11.6. The van der Waals surface area contributed by atoms with E-state index in [1.807, 2.05) is 67.6 Å². The number of amides is 1. The molecule has 4 rings (SSSR count). The zero-order chi connectivity index (χ0) is 24.1. The average Bonchev–Trinajstić information content (AvgIpc) is 3.17. The zero-order valence-corrected chi connectivity index (χ0v) is 20.5. The maximum atomic E-state index is 12.5. The van der Waals surface area contributed by atoms with Crippen molar-refractivity contribution in [3.63, 3.8) is 0 Å². The smallest absolute Gasteiger partial charge is 0.264 e. The number of aliphatic imine (C=N–C) groups is 1. The number of hydrogen-bond acceptors (Lipinski definition) is 6. The first-order valence-electron chi connectivity index (χ1n) is 10.4. The van der Waals surface area contributed by atoms with Gasteiger partial charge in [-0.2, -0.15) is 0 Å². The molecule has 1 aliphatic heterocycles. The average molecular weight is 495 g/mol. The quantitative estimate of drug-likeness (QED) is 0.400. The number of amidine groups is 1. The number of aryl methyl sites for hydroxylation is 1. The molecule has 174 valence electrons. The van der Waals surface area contributed by atoms with Crippen LogP contribution in [0.25, 0.3) is 6.08 Å². The summed E-state index contributed by atoms with van der Waals surface area (Å²) in [5.41, 5.74) is 3.52. The summed E-state index contributed by atoms with van der Waals surface area (Å²) in [4.78, 5) is 17.6. The van der Waals surface area contributed by atoms with Gasteiger partial charge in [-0.1, -0.05) is 35.9 Å². The molecule has 1 aliphatic rings. The fraction of sp³-hybridized carbons (Fsp3) is 0.154. The number of carbonyl (C=O) groups excluding carboxylic acids is 1. The monoisotopic (exact) mass is 494 g/mol. The van der Waals surface area contributed by atoms with Gasteiger partial charge >= 0.3 is 0 Å². The first kappa shape index (κ1) is 23.7. The van der Waals surface area contributed by atoms with Crippen LogP contribution in [0.3, 0.4) is 0 Å². The molecule has 0 radical (unpaired) electrons. The van der Waals surface area contributed by atoms with E-state index in [1.54, 1.807) is 20.3 Å². The van der Waals surface area contributed by atoms with Gasteiger partial charge in [0.2, 0.25) is 0 Å². The Kier molecular flexibility index (Phi) is 7.45. The number of thioether (sulfide) groups is 1. The topological polar surface area (TPSA) is 69.2 Å². The zero-order valence-electron chi connectivity index (χ0n) is 18.9. The molecule has 6 nitrogen and oxygen atoms in total. The Bertz CT molecular complexity index is 1270. The molecule has 0 saturated carbocycles. The van der Waals surface area contributed by atoms with Crippen LogP contribution in [-0.2, 0) is 11.4 Å². The lowest BCUT2D eigenvalue weighted by Crippen LogP contribution is -2.19. The molecule has 0 aromatic heterocycles. The van der Waals surface area contributed by atoms with Crippen LogP contribution in [0.15, 0.2) is 70.6 Å². The molecular weight excluding hydrogens is 472 g/mol. The molecule has 0 atom stereocenters. The van der Waals surface area contributed by atoms with Crippen LogP contribution in [0.2, 0.25) is 5.02 Å². The Hall–Kier alpha value is -3.42. The van der Waals surface area contributed by atoms with Gasteiger partial charge in [-0.3, -0.25) is 4.79 Å². The number of methoxy groups -OCH3 is 2. The molecule has 8 heteroatoms. The normalized spacial score (nSPS) is 15.5. The van der Waals surface area contributed by atoms with Gasteiger partial charge in [0.05, 0.1) is 19.1 Å². The van der Waals surface area contributed by atoms with Crippen LogP contribution in [0.4, 0.5) is 5.69 Å². The maximum Gasteiger partial charge on any atom is 0.264 e. The van der Waals surface area contributed by atoms with Gasteiger partial charge in [-0.15, -0.1) is 0 Å². The fourth-order valence-electron chi connectivity index (χ4n) is 3.26. The van der Waals surface area contributed by atoms with E-state index in [0.717, 1.165) is 16.7 Å². The summed E-state index contributed by atoms with van der Waals surface area (Å²) in [6.45, 7) is 2.36. The van der Waals surface area contributed by atoms with Crippen molar-refractivity contribution in [1.82, 2.24) is 5.32 Å². The van der Waals surface area contributed by atoms with Crippen molar-refractivity contribution in [2.75, 3.05) is 14.2 Å². The molecule has 0 bridgehead atoms. The minimum absolute atomic E-state index is 0.211. The SMILES string of the molecule is COc1ccc(C)cc1N=C1NC(=O)/C(=C/c2ccc(OCc3ccc(Cl)cc3)c(OC)c2)S1. The Morgan fingerprint density at radius 3 is 2.44 bits per heavy atom. The molecule has 1 N–H and O–H groups in total. The van der Waals surface area contributed by atoms with Gasteiger partial charge in [0.15, 0.2) is 16.7 Å². The standard InChI is InChI=1S/C26H23ClN2O4S/c1-16-4-10-21(31-2)20(12-16)28-26-29-25(30)24(34-26)14-18-7-11-22(23(13-18)32-3)33-15-17-5-8-19(27)9-6-17/h4-14H,15H2,1-3H3,(H,28,29,30)/b24-14-. The van der Waals surface area contributed by atoms with Crippen molar-refractivity contribution in [1.29, 1.82) is 0 Å². The molecule has 1 amide bonds. The Balaban J connectivity index is 1.50.